The first-order valence-corrected chi connectivity index (χ1v) is 7.63. The fraction of sp³-hybridized carbons (Fsp3) is 0.400. The molecule has 4 heterocycles. The Morgan fingerprint density at radius 3 is 3.00 bits per heavy atom. The summed E-state index contributed by atoms with van der Waals surface area (Å²) < 4.78 is 1.62. The lowest BCUT2D eigenvalue weighted by Gasteiger charge is -2.16. The van der Waals surface area contributed by atoms with Crippen LogP contribution in [0.3, 0.4) is 0 Å². The molecule has 3 aromatic rings. The van der Waals surface area contributed by atoms with Crippen molar-refractivity contribution in [3.8, 4) is 0 Å². The van der Waals surface area contributed by atoms with Crippen LogP contribution in [0.5, 0.6) is 0 Å². The van der Waals surface area contributed by atoms with E-state index >= 15 is 0 Å². The molecule has 1 N–H and O–H groups in total. The van der Waals surface area contributed by atoms with E-state index in [2.05, 4.69) is 29.9 Å². The van der Waals surface area contributed by atoms with Crippen LogP contribution in [0.2, 0.25) is 0 Å². The lowest BCUT2D eigenvalue weighted by Crippen LogP contribution is -2.25. The number of nitrogens with zero attached hydrogens (tertiary/aromatic N) is 6. The number of fused-ring (bicyclic) bond motifs is 1. The number of aromatic nitrogens is 6. The van der Waals surface area contributed by atoms with Crippen molar-refractivity contribution in [2.24, 2.45) is 13.0 Å². The summed E-state index contributed by atoms with van der Waals surface area (Å²) in [5.41, 5.74) is 0.464. The highest BCUT2D eigenvalue weighted by Crippen LogP contribution is 2.23. The zero-order valence-corrected chi connectivity index (χ0v) is 12.8. The van der Waals surface area contributed by atoms with E-state index in [1.165, 1.54) is 0 Å². The van der Waals surface area contributed by atoms with Gasteiger partial charge in [0.2, 0.25) is 5.95 Å². The molecule has 1 unspecified atom stereocenters. The Morgan fingerprint density at radius 1 is 1.35 bits per heavy atom. The second-order valence-corrected chi connectivity index (χ2v) is 5.86. The van der Waals surface area contributed by atoms with Gasteiger partial charge in [-0.05, 0) is 18.4 Å². The van der Waals surface area contributed by atoms with E-state index in [0.717, 1.165) is 31.8 Å². The van der Waals surface area contributed by atoms with E-state index < -0.39 is 0 Å². The minimum Gasteiger partial charge on any atom is -0.342 e. The third kappa shape index (κ3) is 2.56. The van der Waals surface area contributed by atoms with Gasteiger partial charge in [0.25, 0.3) is 5.56 Å². The second-order valence-electron chi connectivity index (χ2n) is 5.86. The van der Waals surface area contributed by atoms with Crippen LogP contribution in [-0.4, -0.2) is 42.8 Å². The Kier molecular flexibility index (Phi) is 3.29. The van der Waals surface area contributed by atoms with Gasteiger partial charge in [-0.25, -0.2) is 9.97 Å². The number of H-pyrrole nitrogens is 1. The zero-order chi connectivity index (χ0) is 15.8. The fourth-order valence-corrected chi connectivity index (χ4v) is 3.06. The molecule has 0 radical (unpaired) electrons. The number of aromatic amines is 1. The molecule has 1 saturated heterocycles. The van der Waals surface area contributed by atoms with Gasteiger partial charge in [0.1, 0.15) is 11.2 Å². The maximum absolute atomic E-state index is 12.1. The predicted molar refractivity (Wildman–Crippen MR) is 85.2 cm³/mol. The summed E-state index contributed by atoms with van der Waals surface area (Å²) >= 11 is 0. The van der Waals surface area contributed by atoms with Crippen molar-refractivity contribution < 1.29 is 0 Å². The number of aryl methyl sites for hydroxylation is 1. The third-order valence-corrected chi connectivity index (χ3v) is 4.27. The summed E-state index contributed by atoms with van der Waals surface area (Å²) in [4.78, 5) is 30.3. The summed E-state index contributed by atoms with van der Waals surface area (Å²) in [6.07, 6.45) is 6.96. The Morgan fingerprint density at radius 2 is 2.17 bits per heavy atom. The van der Waals surface area contributed by atoms with Crippen molar-refractivity contribution in [1.82, 2.24) is 29.7 Å². The topological polar surface area (TPSA) is 92.6 Å². The molecule has 0 bridgehead atoms. The van der Waals surface area contributed by atoms with Gasteiger partial charge in [-0.3, -0.25) is 14.5 Å². The van der Waals surface area contributed by atoms with Gasteiger partial charge in [0.05, 0.1) is 6.20 Å². The molecule has 8 nitrogen and oxygen atoms in total. The van der Waals surface area contributed by atoms with E-state index in [1.807, 2.05) is 6.07 Å². The summed E-state index contributed by atoms with van der Waals surface area (Å²) in [6.45, 7) is 1.70. The Balaban J connectivity index is 1.55. The smallest absolute Gasteiger partial charge is 0.263 e. The Hall–Kier alpha value is -2.77. The van der Waals surface area contributed by atoms with E-state index in [1.54, 1.807) is 30.3 Å². The van der Waals surface area contributed by atoms with Crippen LogP contribution in [0, 0.1) is 5.92 Å². The number of anilines is 1. The second kappa shape index (κ2) is 5.45. The van der Waals surface area contributed by atoms with Crippen LogP contribution in [0.1, 0.15) is 12.2 Å². The average molecular weight is 311 g/mol. The monoisotopic (exact) mass is 311 g/mol. The molecule has 1 fully saturated rings. The first kappa shape index (κ1) is 13.9. The molecule has 0 amide bonds. The molecule has 4 rings (SSSR count). The van der Waals surface area contributed by atoms with Crippen molar-refractivity contribution in [1.29, 1.82) is 0 Å². The van der Waals surface area contributed by atoms with Gasteiger partial charge < -0.3 is 4.90 Å². The van der Waals surface area contributed by atoms with Crippen molar-refractivity contribution in [2.75, 3.05) is 18.0 Å². The molecule has 8 heteroatoms. The zero-order valence-electron chi connectivity index (χ0n) is 12.8. The minimum atomic E-state index is -0.145. The van der Waals surface area contributed by atoms with Crippen LogP contribution < -0.4 is 10.5 Å². The first-order chi connectivity index (χ1) is 11.2. The molecule has 23 heavy (non-hydrogen) atoms. The van der Waals surface area contributed by atoms with Crippen LogP contribution in [0.4, 0.5) is 5.95 Å². The molecule has 1 atom stereocenters. The van der Waals surface area contributed by atoms with Crippen LogP contribution >= 0.6 is 0 Å². The van der Waals surface area contributed by atoms with Crippen LogP contribution in [0.15, 0.2) is 29.5 Å². The highest BCUT2D eigenvalue weighted by Gasteiger charge is 2.25. The van der Waals surface area contributed by atoms with E-state index in [-0.39, 0.29) is 5.56 Å². The summed E-state index contributed by atoms with van der Waals surface area (Å²) in [7, 11) is 1.79. The molecule has 3 aromatic heterocycles. The van der Waals surface area contributed by atoms with Gasteiger partial charge in [0.15, 0.2) is 5.65 Å². The van der Waals surface area contributed by atoms with Crippen LogP contribution in [0.25, 0.3) is 11.0 Å². The maximum Gasteiger partial charge on any atom is 0.263 e. The molecule has 0 saturated carbocycles. The van der Waals surface area contributed by atoms with E-state index in [9.17, 15) is 4.79 Å². The minimum absolute atomic E-state index is 0.145. The number of hydrogen-bond acceptors (Lipinski definition) is 6. The normalized spacial score (nSPS) is 18.0. The molecule has 1 aliphatic heterocycles. The number of nitrogens with one attached hydrogen (secondary N) is 1. The van der Waals surface area contributed by atoms with Crippen LogP contribution in [-0.2, 0) is 13.5 Å². The number of rotatable bonds is 3. The average Bonchev–Trinajstić information content (AvgIpc) is 3.16. The summed E-state index contributed by atoms with van der Waals surface area (Å²) in [5.74, 6) is 1.94. The lowest BCUT2D eigenvalue weighted by atomic mass is 10.0. The maximum atomic E-state index is 12.1. The highest BCUT2D eigenvalue weighted by molar-refractivity contribution is 5.74. The fourth-order valence-electron chi connectivity index (χ4n) is 3.06. The van der Waals surface area contributed by atoms with Gasteiger partial charge in [-0.2, -0.15) is 10.1 Å². The van der Waals surface area contributed by atoms with Gasteiger partial charge >= 0.3 is 0 Å². The van der Waals surface area contributed by atoms with Crippen molar-refractivity contribution >= 4 is 17.0 Å². The van der Waals surface area contributed by atoms with Gasteiger partial charge in [-0.15, -0.1) is 0 Å². The van der Waals surface area contributed by atoms with Crippen molar-refractivity contribution in [3.63, 3.8) is 0 Å². The van der Waals surface area contributed by atoms with Crippen molar-refractivity contribution in [3.05, 3.63) is 40.8 Å². The summed E-state index contributed by atoms with van der Waals surface area (Å²) in [5, 5.41) is 4.61. The highest BCUT2D eigenvalue weighted by atomic mass is 16.1. The molecule has 118 valence electrons. The lowest BCUT2D eigenvalue weighted by molar-refractivity contribution is 0.566. The Bertz CT molecular complexity index is 886. The molecule has 0 aromatic carbocycles. The molecular weight excluding hydrogens is 294 g/mol. The molecular formula is C15H17N7O. The third-order valence-electron chi connectivity index (χ3n) is 4.27. The molecule has 0 aliphatic carbocycles. The molecule has 1 aliphatic rings. The Labute approximate surface area is 132 Å². The van der Waals surface area contributed by atoms with E-state index in [0.29, 0.717) is 22.9 Å². The SMILES string of the molecule is Cn1ncc2c(=O)[nH]c(N3CCC(Cc4ncccn4)C3)nc21. The standard InChI is InChI=1S/C15H17N7O/c1-21-13-11(8-18-21)14(23)20-15(19-13)22-6-3-10(9-22)7-12-16-4-2-5-17-12/h2,4-5,8,10H,3,6-7,9H2,1H3,(H,19,20,23). The first-order valence-electron chi connectivity index (χ1n) is 7.63. The van der Waals surface area contributed by atoms with Gasteiger partial charge in [-0.1, -0.05) is 0 Å². The quantitative estimate of drug-likeness (QED) is 0.758. The number of hydrogen-bond donors (Lipinski definition) is 1. The van der Waals surface area contributed by atoms with Crippen molar-refractivity contribution in [2.45, 2.75) is 12.8 Å². The van der Waals surface area contributed by atoms with Gasteiger partial charge in [0, 0.05) is 39.0 Å². The predicted octanol–water partition coefficient (Wildman–Crippen LogP) is 0.516. The molecule has 0 spiro atoms. The van der Waals surface area contributed by atoms with E-state index in [4.69, 9.17) is 0 Å². The summed E-state index contributed by atoms with van der Waals surface area (Å²) in [6, 6.07) is 1.82. The largest absolute Gasteiger partial charge is 0.342 e.